The Labute approximate surface area is 181 Å². The zero-order valence-electron chi connectivity index (χ0n) is 17.2. The lowest BCUT2D eigenvalue weighted by molar-refractivity contribution is 0.318. The normalized spacial score (nSPS) is 18.6. The number of imidazole rings is 1. The summed E-state index contributed by atoms with van der Waals surface area (Å²) in [5.74, 6) is 1.42. The molecule has 1 saturated carbocycles. The van der Waals surface area contributed by atoms with E-state index in [9.17, 15) is 4.39 Å². The Bertz CT molecular complexity index is 1540. The molecule has 32 heavy (non-hydrogen) atoms. The number of hydrogen-bond acceptors (Lipinski definition) is 6. The Hall–Kier alpha value is -4.01. The third-order valence-corrected chi connectivity index (χ3v) is 6.44. The molecule has 0 amide bonds. The van der Waals surface area contributed by atoms with Gasteiger partial charge in [0.1, 0.15) is 29.6 Å². The molecule has 158 valence electrons. The molecule has 5 heterocycles. The fourth-order valence-corrected chi connectivity index (χ4v) is 4.74. The molecule has 8 nitrogen and oxygen atoms in total. The predicted molar refractivity (Wildman–Crippen MR) is 115 cm³/mol. The summed E-state index contributed by atoms with van der Waals surface area (Å²) in [5.41, 5.74) is 5.94. The molecule has 1 fully saturated rings. The average Bonchev–Trinajstić information content (AvgIpc) is 3.21. The Morgan fingerprint density at radius 3 is 3.00 bits per heavy atom. The molecule has 1 aliphatic carbocycles. The van der Waals surface area contributed by atoms with Gasteiger partial charge in [-0.1, -0.05) is 0 Å². The van der Waals surface area contributed by atoms with Crippen molar-refractivity contribution in [2.24, 2.45) is 0 Å². The second-order valence-corrected chi connectivity index (χ2v) is 8.32. The molecular formula is C23H18FN7O. The number of fused-ring (bicyclic) bond motifs is 5. The summed E-state index contributed by atoms with van der Waals surface area (Å²) in [4.78, 5) is 9.13. The summed E-state index contributed by atoms with van der Waals surface area (Å²) in [6, 6.07) is 7.25. The van der Waals surface area contributed by atoms with Gasteiger partial charge in [-0.2, -0.15) is 0 Å². The third-order valence-electron chi connectivity index (χ3n) is 6.44. The monoisotopic (exact) mass is 427 g/mol. The van der Waals surface area contributed by atoms with Gasteiger partial charge in [0.25, 0.3) is 0 Å². The Morgan fingerprint density at radius 2 is 2.06 bits per heavy atom. The van der Waals surface area contributed by atoms with E-state index in [-0.39, 0.29) is 11.9 Å². The number of nitrogens with zero attached hydrogens (tertiary/aromatic N) is 6. The molecule has 1 aromatic carbocycles. The van der Waals surface area contributed by atoms with Crippen LogP contribution in [0.15, 0.2) is 49.2 Å². The van der Waals surface area contributed by atoms with Crippen LogP contribution in [0.25, 0.3) is 22.4 Å². The molecule has 1 unspecified atom stereocenters. The molecule has 4 aromatic heterocycles. The van der Waals surface area contributed by atoms with Gasteiger partial charge in [0.15, 0.2) is 5.65 Å². The van der Waals surface area contributed by atoms with Crippen molar-refractivity contribution in [3.05, 3.63) is 71.8 Å². The molecule has 1 N–H and O–H groups in total. The van der Waals surface area contributed by atoms with Crippen LogP contribution in [-0.4, -0.2) is 35.1 Å². The minimum absolute atomic E-state index is 0.210. The van der Waals surface area contributed by atoms with Crippen LogP contribution in [0.4, 0.5) is 10.3 Å². The lowest BCUT2D eigenvalue weighted by Gasteiger charge is -2.14. The molecular weight excluding hydrogens is 409 g/mol. The van der Waals surface area contributed by atoms with Gasteiger partial charge in [0, 0.05) is 59.0 Å². The van der Waals surface area contributed by atoms with Crippen molar-refractivity contribution in [3.8, 4) is 16.9 Å². The zero-order chi connectivity index (χ0) is 21.4. The van der Waals surface area contributed by atoms with E-state index < -0.39 is 0 Å². The minimum atomic E-state index is -0.231. The number of rotatable bonds is 4. The van der Waals surface area contributed by atoms with E-state index in [2.05, 4.69) is 25.5 Å². The maximum absolute atomic E-state index is 14.7. The van der Waals surface area contributed by atoms with Gasteiger partial charge in [-0.15, -0.1) is 10.2 Å². The lowest BCUT2D eigenvalue weighted by Crippen LogP contribution is -2.10. The second-order valence-electron chi connectivity index (χ2n) is 8.32. The van der Waals surface area contributed by atoms with Crippen molar-refractivity contribution in [2.75, 3.05) is 5.32 Å². The van der Waals surface area contributed by atoms with Crippen LogP contribution in [0.1, 0.15) is 29.2 Å². The van der Waals surface area contributed by atoms with E-state index in [1.54, 1.807) is 29.2 Å². The second kappa shape index (κ2) is 6.25. The van der Waals surface area contributed by atoms with Crippen LogP contribution < -0.4 is 10.1 Å². The van der Waals surface area contributed by atoms with Crippen molar-refractivity contribution >= 4 is 17.2 Å². The van der Waals surface area contributed by atoms with E-state index in [4.69, 9.17) is 4.74 Å². The van der Waals surface area contributed by atoms with E-state index in [0.717, 1.165) is 40.2 Å². The SMILES string of the molecule is Cc1ccc(-c2cnc(NCc3c(F)ccc4c3[C@H]3CC3O4)n3cnnc23)c2nccn12. The smallest absolute Gasteiger partial charge is 0.210 e. The molecule has 0 radical (unpaired) electrons. The van der Waals surface area contributed by atoms with Crippen LogP contribution in [-0.2, 0) is 6.54 Å². The highest BCUT2D eigenvalue weighted by atomic mass is 19.1. The average molecular weight is 427 g/mol. The summed E-state index contributed by atoms with van der Waals surface area (Å²) in [6.45, 7) is 2.33. The van der Waals surface area contributed by atoms with Gasteiger partial charge in [-0.3, -0.25) is 4.40 Å². The highest BCUT2D eigenvalue weighted by Crippen LogP contribution is 2.55. The molecule has 9 heteroatoms. The summed E-state index contributed by atoms with van der Waals surface area (Å²) in [5, 5.41) is 11.7. The summed E-state index contributed by atoms with van der Waals surface area (Å²) in [7, 11) is 0. The lowest BCUT2D eigenvalue weighted by atomic mass is 10.0. The number of benzene rings is 1. The maximum Gasteiger partial charge on any atom is 0.210 e. The van der Waals surface area contributed by atoms with Crippen LogP contribution in [0, 0.1) is 12.7 Å². The first-order chi connectivity index (χ1) is 15.7. The van der Waals surface area contributed by atoms with Crippen LogP contribution in [0.2, 0.25) is 0 Å². The first-order valence-corrected chi connectivity index (χ1v) is 10.5. The molecule has 5 aromatic rings. The van der Waals surface area contributed by atoms with Gasteiger partial charge >= 0.3 is 0 Å². The van der Waals surface area contributed by atoms with Gasteiger partial charge in [-0.25, -0.2) is 14.4 Å². The van der Waals surface area contributed by atoms with Gasteiger partial charge in [0.2, 0.25) is 5.95 Å². The number of hydrogen-bond donors (Lipinski definition) is 1. The quantitative estimate of drug-likeness (QED) is 0.471. The maximum atomic E-state index is 14.7. The first-order valence-electron chi connectivity index (χ1n) is 10.5. The molecule has 2 aliphatic rings. The van der Waals surface area contributed by atoms with E-state index in [1.165, 1.54) is 6.07 Å². The van der Waals surface area contributed by atoms with E-state index in [0.29, 0.717) is 29.6 Å². The molecule has 0 saturated heterocycles. The minimum Gasteiger partial charge on any atom is -0.489 e. The highest BCUT2D eigenvalue weighted by Gasteiger charge is 2.49. The van der Waals surface area contributed by atoms with E-state index in [1.807, 2.05) is 29.7 Å². The van der Waals surface area contributed by atoms with Crippen LogP contribution >= 0.6 is 0 Å². The number of ether oxygens (including phenoxy) is 1. The predicted octanol–water partition coefficient (Wildman–Crippen LogP) is 3.75. The molecule has 0 spiro atoms. The van der Waals surface area contributed by atoms with Gasteiger partial charge in [-0.05, 0) is 37.6 Å². The number of anilines is 1. The largest absolute Gasteiger partial charge is 0.489 e. The highest BCUT2D eigenvalue weighted by molar-refractivity contribution is 5.86. The fourth-order valence-electron chi connectivity index (χ4n) is 4.74. The Balaban J connectivity index is 1.28. The molecule has 1 aliphatic heterocycles. The summed E-state index contributed by atoms with van der Waals surface area (Å²) < 4.78 is 24.3. The van der Waals surface area contributed by atoms with Crippen molar-refractivity contribution in [3.63, 3.8) is 0 Å². The standard InChI is InChI=1S/C23H18FN7O/c1-12-2-3-13(21-25-6-7-30(12)21)15-9-26-23(31-11-28-29-22(15)31)27-10-16-17(24)4-5-18-20(16)14-8-19(14)32-18/h2-7,9,11,14,19H,8,10H2,1H3,(H,26,27)/t14-,19?/m0/s1. The number of halogens is 1. The molecule has 0 bridgehead atoms. The number of aryl methyl sites for hydroxylation is 1. The third kappa shape index (κ3) is 2.41. The van der Waals surface area contributed by atoms with Crippen LogP contribution in [0.5, 0.6) is 5.75 Å². The van der Waals surface area contributed by atoms with E-state index >= 15 is 0 Å². The van der Waals surface area contributed by atoms with Crippen molar-refractivity contribution in [2.45, 2.75) is 31.9 Å². The fraction of sp³-hybridized carbons (Fsp3) is 0.217. The van der Waals surface area contributed by atoms with Gasteiger partial charge in [0.05, 0.1) is 0 Å². The van der Waals surface area contributed by atoms with Crippen LogP contribution in [0.3, 0.4) is 0 Å². The number of nitrogens with one attached hydrogen (secondary N) is 1. The molecule has 2 atom stereocenters. The topological polar surface area (TPSA) is 81.6 Å². The van der Waals surface area contributed by atoms with Crippen molar-refractivity contribution < 1.29 is 9.13 Å². The van der Waals surface area contributed by atoms with Crippen molar-refractivity contribution in [1.29, 1.82) is 0 Å². The first kappa shape index (κ1) is 17.6. The molecule has 7 rings (SSSR count). The Morgan fingerprint density at radius 1 is 1.12 bits per heavy atom. The number of aromatic nitrogens is 6. The Kier molecular flexibility index (Phi) is 3.45. The zero-order valence-corrected chi connectivity index (χ0v) is 17.2. The summed E-state index contributed by atoms with van der Waals surface area (Å²) in [6.07, 6.45) is 8.25. The summed E-state index contributed by atoms with van der Waals surface area (Å²) >= 11 is 0. The van der Waals surface area contributed by atoms with Gasteiger partial charge < -0.3 is 14.5 Å². The van der Waals surface area contributed by atoms with Crippen molar-refractivity contribution in [1.82, 2.24) is 29.0 Å². The number of pyridine rings is 1.